The molecular weight excluding hydrogens is 371 g/mol. The zero-order chi connectivity index (χ0) is 18.1. The molecule has 2 heterocycles. The molecule has 4 amide bonds. The molecule has 1 aromatic carbocycles. The van der Waals surface area contributed by atoms with E-state index in [4.69, 9.17) is 28.3 Å². The van der Waals surface area contributed by atoms with Crippen LogP contribution in [0, 0.1) is 0 Å². The molecule has 0 radical (unpaired) electrons. The van der Waals surface area contributed by atoms with Crippen molar-refractivity contribution in [2.75, 3.05) is 18.5 Å². The Morgan fingerprint density at radius 2 is 2.12 bits per heavy atom. The SMILES string of the molecule is O=C(Nc1cccc(Cl)c1Cl)N[C@H]1C[C@H]2C(=O)N[C@H](CO)C(=O)N2C1. The molecule has 1 aromatic rings. The number of hydrogen-bond acceptors (Lipinski definition) is 4. The summed E-state index contributed by atoms with van der Waals surface area (Å²) in [6.07, 6.45) is 0.298. The number of hydrogen-bond donors (Lipinski definition) is 4. The quantitative estimate of drug-likeness (QED) is 0.608. The summed E-state index contributed by atoms with van der Waals surface area (Å²) < 4.78 is 0. The second kappa shape index (κ2) is 7.07. The average Bonchev–Trinajstić information content (AvgIpc) is 2.99. The summed E-state index contributed by atoms with van der Waals surface area (Å²) in [5.74, 6) is -0.684. The lowest BCUT2D eigenvalue weighted by atomic mass is 10.1. The third kappa shape index (κ3) is 3.51. The van der Waals surface area contributed by atoms with Crippen LogP contribution in [-0.2, 0) is 9.59 Å². The van der Waals surface area contributed by atoms with E-state index >= 15 is 0 Å². The van der Waals surface area contributed by atoms with Gasteiger partial charge in [-0.05, 0) is 18.6 Å². The minimum Gasteiger partial charge on any atom is -0.394 e. The van der Waals surface area contributed by atoms with Crippen LogP contribution >= 0.6 is 23.2 Å². The first kappa shape index (κ1) is 17.8. The molecule has 2 aliphatic heterocycles. The number of rotatable bonds is 3. The maximum absolute atomic E-state index is 12.2. The lowest BCUT2D eigenvalue weighted by Gasteiger charge is -2.33. The fourth-order valence-electron chi connectivity index (χ4n) is 3.03. The number of benzene rings is 1. The normalized spacial score (nSPS) is 25.4. The second-order valence-corrected chi connectivity index (χ2v) is 6.67. The van der Waals surface area contributed by atoms with Crippen LogP contribution in [0.15, 0.2) is 18.2 Å². The third-order valence-electron chi connectivity index (χ3n) is 4.22. The molecule has 0 unspecified atom stereocenters. The molecule has 0 saturated carbocycles. The first-order chi connectivity index (χ1) is 11.9. The van der Waals surface area contributed by atoms with Gasteiger partial charge in [-0.25, -0.2) is 4.79 Å². The number of nitrogens with zero attached hydrogens (tertiary/aromatic N) is 1. The summed E-state index contributed by atoms with van der Waals surface area (Å²) >= 11 is 11.9. The van der Waals surface area contributed by atoms with E-state index < -0.39 is 30.8 Å². The Bertz CT molecular complexity index is 729. The number of carbonyl (C=O) groups excluding carboxylic acids is 3. The molecule has 4 N–H and O–H groups in total. The van der Waals surface area contributed by atoms with Crippen molar-refractivity contribution < 1.29 is 19.5 Å². The van der Waals surface area contributed by atoms with Crippen molar-refractivity contribution in [2.45, 2.75) is 24.5 Å². The second-order valence-electron chi connectivity index (χ2n) is 5.88. The summed E-state index contributed by atoms with van der Waals surface area (Å²) in [4.78, 5) is 37.7. The summed E-state index contributed by atoms with van der Waals surface area (Å²) in [6, 6.07) is 2.38. The van der Waals surface area contributed by atoms with Crippen molar-refractivity contribution in [1.29, 1.82) is 0 Å². The van der Waals surface area contributed by atoms with E-state index in [9.17, 15) is 14.4 Å². The van der Waals surface area contributed by atoms with Gasteiger partial charge in [0.2, 0.25) is 11.8 Å². The molecule has 2 aliphatic rings. The monoisotopic (exact) mass is 386 g/mol. The van der Waals surface area contributed by atoms with E-state index in [0.29, 0.717) is 17.1 Å². The lowest BCUT2D eigenvalue weighted by molar-refractivity contribution is -0.148. The highest BCUT2D eigenvalue weighted by atomic mass is 35.5. The van der Waals surface area contributed by atoms with E-state index in [0.717, 1.165) is 0 Å². The Morgan fingerprint density at radius 3 is 2.84 bits per heavy atom. The summed E-state index contributed by atoms with van der Waals surface area (Å²) in [5, 5.41) is 17.5. The number of fused-ring (bicyclic) bond motifs is 1. The number of nitrogens with one attached hydrogen (secondary N) is 3. The number of urea groups is 1. The van der Waals surface area contributed by atoms with Crippen LogP contribution in [0.2, 0.25) is 10.0 Å². The van der Waals surface area contributed by atoms with Crippen molar-refractivity contribution in [3.8, 4) is 0 Å². The number of anilines is 1. The maximum atomic E-state index is 12.2. The predicted molar refractivity (Wildman–Crippen MR) is 91.5 cm³/mol. The van der Waals surface area contributed by atoms with Gasteiger partial charge in [-0.2, -0.15) is 0 Å². The van der Waals surface area contributed by atoms with Gasteiger partial charge in [0.15, 0.2) is 0 Å². The van der Waals surface area contributed by atoms with Crippen LogP contribution < -0.4 is 16.0 Å². The maximum Gasteiger partial charge on any atom is 0.319 e. The number of amides is 4. The first-order valence-corrected chi connectivity index (χ1v) is 8.39. The van der Waals surface area contributed by atoms with Crippen molar-refractivity contribution >= 4 is 46.7 Å². The molecule has 2 fully saturated rings. The Hall–Kier alpha value is -2.03. The Labute approximate surface area is 153 Å². The van der Waals surface area contributed by atoms with Crippen molar-refractivity contribution in [3.63, 3.8) is 0 Å². The van der Waals surface area contributed by atoms with E-state index in [1.165, 1.54) is 4.90 Å². The van der Waals surface area contributed by atoms with Gasteiger partial charge in [-0.1, -0.05) is 29.3 Å². The fourth-order valence-corrected chi connectivity index (χ4v) is 3.38. The lowest BCUT2D eigenvalue weighted by Crippen LogP contribution is -2.62. The van der Waals surface area contributed by atoms with Crippen LogP contribution in [0.4, 0.5) is 10.5 Å². The highest BCUT2D eigenvalue weighted by molar-refractivity contribution is 6.43. The van der Waals surface area contributed by atoms with E-state index in [1.54, 1.807) is 18.2 Å². The van der Waals surface area contributed by atoms with Crippen LogP contribution in [-0.4, -0.2) is 59.1 Å². The summed E-state index contributed by atoms with van der Waals surface area (Å²) in [6.45, 7) is -0.260. The number of aliphatic hydroxyl groups is 1. The van der Waals surface area contributed by atoms with E-state index in [-0.39, 0.29) is 23.4 Å². The largest absolute Gasteiger partial charge is 0.394 e. The van der Waals surface area contributed by atoms with Crippen LogP contribution in [0.5, 0.6) is 0 Å². The summed E-state index contributed by atoms with van der Waals surface area (Å²) in [7, 11) is 0. The van der Waals surface area contributed by atoms with Gasteiger partial charge in [-0.3, -0.25) is 9.59 Å². The highest BCUT2D eigenvalue weighted by Crippen LogP contribution is 2.29. The Morgan fingerprint density at radius 1 is 1.36 bits per heavy atom. The zero-order valence-electron chi connectivity index (χ0n) is 13.0. The molecule has 3 atom stereocenters. The molecule has 0 bridgehead atoms. The summed E-state index contributed by atoms with van der Waals surface area (Å²) in [5.41, 5.74) is 0.358. The molecule has 25 heavy (non-hydrogen) atoms. The standard InChI is InChI=1S/C15H16Cl2N4O4/c16-8-2-1-3-9(12(8)17)20-15(25)18-7-4-11-13(23)19-10(6-22)14(24)21(11)5-7/h1-3,7,10-11,22H,4-6H2,(H,19,23)(H2,18,20,25)/t7-,10+,11-/m0/s1. The van der Waals surface area contributed by atoms with Gasteiger partial charge in [0.25, 0.3) is 0 Å². The number of aliphatic hydroxyl groups excluding tert-OH is 1. The third-order valence-corrected chi connectivity index (χ3v) is 5.04. The predicted octanol–water partition coefficient (Wildman–Crippen LogP) is 0.575. The number of piperazine rings is 1. The van der Waals surface area contributed by atoms with Crippen molar-refractivity contribution in [2.24, 2.45) is 0 Å². The Balaban J connectivity index is 1.63. The molecular formula is C15H16Cl2N4O4. The van der Waals surface area contributed by atoms with Crippen LogP contribution in [0.3, 0.4) is 0 Å². The smallest absolute Gasteiger partial charge is 0.319 e. The molecule has 3 rings (SSSR count). The van der Waals surface area contributed by atoms with Crippen LogP contribution in [0.1, 0.15) is 6.42 Å². The van der Waals surface area contributed by atoms with Gasteiger partial charge in [0.05, 0.1) is 28.4 Å². The van der Waals surface area contributed by atoms with Gasteiger partial charge in [-0.15, -0.1) is 0 Å². The zero-order valence-corrected chi connectivity index (χ0v) is 14.5. The van der Waals surface area contributed by atoms with Crippen molar-refractivity contribution in [3.05, 3.63) is 28.2 Å². The number of halogens is 2. The molecule has 8 nitrogen and oxygen atoms in total. The average molecular weight is 387 g/mol. The molecule has 10 heteroatoms. The van der Waals surface area contributed by atoms with E-state index in [2.05, 4.69) is 16.0 Å². The molecule has 0 aromatic heterocycles. The number of carbonyl (C=O) groups is 3. The van der Waals surface area contributed by atoms with Crippen LogP contribution in [0.25, 0.3) is 0 Å². The van der Waals surface area contributed by atoms with Crippen molar-refractivity contribution in [1.82, 2.24) is 15.5 Å². The minimum absolute atomic E-state index is 0.199. The molecule has 134 valence electrons. The van der Waals surface area contributed by atoms with Gasteiger partial charge in [0, 0.05) is 6.54 Å². The fraction of sp³-hybridized carbons (Fsp3) is 0.400. The Kier molecular flexibility index (Phi) is 5.03. The molecule has 2 saturated heterocycles. The molecule has 0 spiro atoms. The van der Waals surface area contributed by atoms with E-state index in [1.807, 2.05) is 0 Å². The highest BCUT2D eigenvalue weighted by Gasteiger charge is 2.46. The van der Waals surface area contributed by atoms with Gasteiger partial charge < -0.3 is 26.0 Å². The topological polar surface area (TPSA) is 111 Å². The minimum atomic E-state index is -0.929. The van der Waals surface area contributed by atoms with Gasteiger partial charge >= 0.3 is 6.03 Å². The van der Waals surface area contributed by atoms with Gasteiger partial charge in [0.1, 0.15) is 12.1 Å². The first-order valence-electron chi connectivity index (χ1n) is 7.64. The molecule has 0 aliphatic carbocycles.